The molecule has 0 radical (unpaired) electrons. The molecule has 0 saturated carbocycles. The monoisotopic (exact) mass is 374 g/mol. The van der Waals surface area contributed by atoms with Gasteiger partial charge in [-0.2, -0.15) is 0 Å². The molecule has 0 aliphatic carbocycles. The first kappa shape index (κ1) is 17.3. The zero-order valence-electron chi connectivity index (χ0n) is 14.9. The molecule has 0 N–H and O–H groups in total. The van der Waals surface area contributed by atoms with Crippen LogP contribution < -0.4 is 19.1 Å². The molecule has 0 unspecified atom stereocenters. The second-order valence-electron chi connectivity index (χ2n) is 6.56. The summed E-state index contributed by atoms with van der Waals surface area (Å²) in [5.74, 6) is 2.32. The van der Waals surface area contributed by atoms with Crippen molar-refractivity contribution in [1.29, 1.82) is 0 Å². The number of hydrogen-bond donors (Lipinski definition) is 0. The number of piperazine rings is 1. The first-order valence-corrected chi connectivity index (χ1v) is 9.30. The van der Waals surface area contributed by atoms with Crippen LogP contribution in [0.25, 0.3) is 0 Å². The van der Waals surface area contributed by atoms with Crippen LogP contribution in [0.1, 0.15) is 5.56 Å². The Morgan fingerprint density at radius 3 is 2.46 bits per heavy atom. The van der Waals surface area contributed by atoms with Crippen molar-refractivity contribution < 1.29 is 14.2 Å². The molecule has 4 rings (SSSR count). The van der Waals surface area contributed by atoms with Gasteiger partial charge < -0.3 is 19.1 Å². The summed E-state index contributed by atoms with van der Waals surface area (Å²) in [5.41, 5.74) is 2.41. The predicted octanol–water partition coefficient (Wildman–Crippen LogP) is 3.44. The summed E-state index contributed by atoms with van der Waals surface area (Å²) >= 11 is 6.35. The van der Waals surface area contributed by atoms with Gasteiger partial charge in [-0.3, -0.25) is 4.90 Å². The molecular weight excluding hydrogens is 352 g/mol. The van der Waals surface area contributed by atoms with Crippen LogP contribution in [0.4, 0.5) is 5.69 Å². The Balaban J connectivity index is 1.37. The molecule has 0 spiro atoms. The topological polar surface area (TPSA) is 34.2 Å². The molecule has 5 nitrogen and oxygen atoms in total. The Morgan fingerprint density at radius 2 is 1.73 bits per heavy atom. The lowest BCUT2D eigenvalue weighted by molar-refractivity contribution is 0.171. The Labute approximate surface area is 159 Å². The number of methoxy groups -OCH3 is 1. The highest BCUT2D eigenvalue weighted by molar-refractivity contribution is 6.32. The van der Waals surface area contributed by atoms with Crippen LogP contribution in [0.15, 0.2) is 36.4 Å². The quantitative estimate of drug-likeness (QED) is 0.819. The third-order valence-electron chi connectivity index (χ3n) is 4.87. The minimum Gasteiger partial charge on any atom is -0.497 e. The molecule has 2 aliphatic heterocycles. The van der Waals surface area contributed by atoms with E-state index < -0.39 is 0 Å². The van der Waals surface area contributed by atoms with Crippen LogP contribution in [0.2, 0.25) is 5.02 Å². The van der Waals surface area contributed by atoms with Crippen molar-refractivity contribution in [3.05, 3.63) is 47.0 Å². The SMILES string of the molecule is COc1ccc(N2CCN(Cc3cc(Cl)c4c(c3)OCCO4)CC2)cc1. The van der Waals surface area contributed by atoms with Gasteiger partial charge in [0.2, 0.25) is 0 Å². The van der Waals surface area contributed by atoms with Gasteiger partial charge in [0.25, 0.3) is 0 Å². The standard InChI is InChI=1S/C20H23ClN2O3/c1-24-17-4-2-16(3-5-17)23-8-6-22(7-9-23)14-15-12-18(21)20-19(13-15)25-10-11-26-20/h2-5,12-13H,6-11,14H2,1H3. The fourth-order valence-electron chi connectivity index (χ4n) is 3.47. The van der Waals surface area contributed by atoms with E-state index in [1.807, 2.05) is 18.2 Å². The van der Waals surface area contributed by atoms with Crippen molar-refractivity contribution in [2.24, 2.45) is 0 Å². The molecule has 138 valence electrons. The Morgan fingerprint density at radius 1 is 1.00 bits per heavy atom. The summed E-state index contributed by atoms with van der Waals surface area (Å²) in [4.78, 5) is 4.86. The van der Waals surface area contributed by atoms with E-state index in [-0.39, 0.29) is 0 Å². The minimum absolute atomic E-state index is 0.555. The van der Waals surface area contributed by atoms with Crippen molar-refractivity contribution in [3.8, 4) is 17.2 Å². The van der Waals surface area contributed by atoms with Gasteiger partial charge in [-0.25, -0.2) is 0 Å². The molecule has 1 fully saturated rings. The summed E-state index contributed by atoms with van der Waals surface area (Å²) in [7, 11) is 1.69. The van der Waals surface area contributed by atoms with E-state index in [2.05, 4.69) is 28.0 Å². The molecule has 2 heterocycles. The highest BCUT2D eigenvalue weighted by Crippen LogP contribution is 2.38. The average molecular weight is 375 g/mol. The number of rotatable bonds is 4. The van der Waals surface area contributed by atoms with Gasteiger partial charge in [-0.1, -0.05) is 11.6 Å². The fraction of sp³-hybridized carbons (Fsp3) is 0.400. The zero-order valence-corrected chi connectivity index (χ0v) is 15.7. The number of nitrogens with zero attached hydrogens (tertiary/aromatic N) is 2. The predicted molar refractivity (Wildman–Crippen MR) is 103 cm³/mol. The van der Waals surface area contributed by atoms with Crippen LogP contribution in [0.3, 0.4) is 0 Å². The van der Waals surface area contributed by atoms with Crippen molar-refractivity contribution in [2.45, 2.75) is 6.54 Å². The summed E-state index contributed by atoms with van der Waals surface area (Å²) < 4.78 is 16.5. The number of anilines is 1. The van der Waals surface area contributed by atoms with Gasteiger partial charge in [0, 0.05) is 38.4 Å². The molecule has 0 atom stereocenters. The molecule has 2 aromatic rings. The molecule has 0 aromatic heterocycles. The average Bonchev–Trinajstić information content (AvgIpc) is 2.69. The first-order valence-electron chi connectivity index (χ1n) is 8.92. The molecule has 26 heavy (non-hydrogen) atoms. The summed E-state index contributed by atoms with van der Waals surface area (Å²) in [5, 5.41) is 0.633. The second kappa shape index (κ2) is 7.64. The molecule has 0 bridgehead atoms. The summed E-state index contributed by atoms with van der Waals surface area (Å²) in [6.07, 6.45) is 0. The number of ether oxygens (including phenoxy) is 3. The van der Waals surface area contributed by atoms with E-state index in [1.54, 1.807) is 7.11 Å². The fourth-order valence-corrected chi connectivity index (χ4v) is 3.76. The largest absolute Gasteiger partial charge is 0.497 e. The first-order chi connectivity index (χ1) is 12.7. The lowest BCUT2D eigenvalue weighted by atomic mass is 10.1. The second-order valence-corrected chi connectivity index (χ2v) is 6.97. The highest BCUT2D eigenvalue weighted by Gasteiger charge is 2.20. The molecule has 2 aliphatic rings. The number of halogens is 1. The number of hydrogen-bond acceptors (Lipinski definition) is 5. The Kier molecular flexibility index (Phi) is 5.09. The van der Waals surface area contributed by atoms with Crippen LogP contribution in [0.5, 0.6) is 17.2 Å². The minimum atomic E-state index is 0.555. The zero-order chi connectivity index (χ0) is 17.9. The van der Waals surface area contributed by atoms with Crippen molar-refractivity contribution in [2.75, 3.05) is 51.4 Å². The molecule has 6 heteroatoms. The van der Waals surface area contributed by atoms with E-state index in [0.29, 0.717) is 24.0 Å². The van der Waals surface area contributed by atoms with Gasteiger partial charge in [-0.15, -0.1) is 0 Å². The lowest BCUT2D eigenvalue weighted by Gasteiger charge is -2.36. The molecule has 0 amide bonds. The van der Waals surface area contributed by atoms with E-state index in [1.165, 1.54) is 5.69 Å². The lowest BCUT2D eigenvalue weighted by Crippen LogP contribution is -2.45. The highest BCUT2D eigenvalue weighted by atomic mass is 35.5. The van der Waals surface area contributed by atoms with Gasteiger partial charge in [-0.05, 0) is 42.0 Å². The maximum atomic E-state index is 6.35. The Bertz CT molecular complexity index is 758. The van der Waals surface area contributed by atoms with Gasteiger partial charge in [0.15, 0.2) is 11.5 Å². The maximum absolute atomic E-state index is 6.35. The van der Waals surface area contributed by atoms with Gasteiger partial charge in [0.05, 0.1) is 12.1 Å². The van der Waals surface area contributed by atoms with Crippen molar-refractivity contribution in [3.63, 3.8) is 0 Å². The maximum Gasteiger partial charge on any atom is 0.179 e. The molecule has 1 saturated heterocycles. The van der Waals surface area contributed by atoms with Crippen LogP contribution in [-0.2, 0) is 6.54 Å². The Hall–Kier alpha value is -2.11. The molecular formula is C20H23ClN2O3. The normalized spacial score (nSPS) is 17.2. The third-order valence-corrected chi connectivity index (χ3v) is 5.15. The summed E-state index contributed by atoms with van der Waals surface area (Å²) in [6.45, 7) is 6.03. The van der Waals surface area contributed by atoms with E-state index >= 15 is 0 Å². The molecule has 2 aromatic carbocycles. The van der Waals surface area contributed by atoms with E-state index in [0.717, 1.165) is 49.8 Å². The van der Waals surface area contributed by atoms with Crippen molar-refractivity contribution >= 4 is 17.3 Å². The van der Waals surface area contributed by atoms with Gasteiger partial charge in [0.1, 0.15) is 19.0 Å². The van der Waals surface area contributed by atoms with Crippen molar-refractivity contribution in [1.82, 2.24) is 4.90 Å². The van der Waals surface area contributed by atoms with E-state index in [4.69, 9.17) is 25.8 Å². The van der Waals surface area contributed by atoms with Crippen LogP contribution in [0, 0.1) is 0 Å². The summed E-state index contributed by atoms with van der Waals surface area (Å²) in [6, 6.07) is 12.3. The van der Waals surface area contributed by atoms with Gasteiger partial charge >= 0.3 is 0 Å². The number of benzene rings is 2. The smallest absolute Gasteiger partial charge is 0.179 e. The van der Waals surface area contributed by atoms with Crippen LogP contribution in [-0.4, -0.2) is 51.4 Å². The number of fused-ring (bicyclic) bond motifs is 1. The van der Waals surface area contributed by atoms with E-state index in [9.17, 15) is 0 Å². The van der Waals surface area contributed by atoms with Crippen LogP contribution >= 0.6 is 11.6 Å². The third kappa shape index (κ3) is 3.69.